The zero-order valence-electron chi connectivity index (χ0n) is 12.4. The molecule has 0 aliphatic carbocycles. The molecule has 1 saturated heterocycles. The van der Waals surface area contributed by atoms with E-state index in [4.69, 9.17) is 22.1 Å². The lowest BCUT2D eigenvalue weighted by atomic mass is 9.79. The van der Waals surface area contributed by atoms with E-state index in [2.05, 4.69) is 10.6 Å². The van der Waals surface area contributed by atoms with Crippen molar-refractivity contribution in [3.63, 3.8) is 0 Å². The van der Waals surface area contributed by atoms with Crippen molar-refractivity contribution in [2.24, 2.45) is 11.1 Å². The zero-order valence-corrected chi connectivity index (χ0v) is 13.2. The average Bonchev–Trinajstić information content (AvgIpc) is 2.50. The molecular formula is C15H20ClN3O3. The molecule has 0 atom stereocenters. The van der Waals surface area contributed by atoms with Crippen molar-refractivity contribution in [1.82, 2.24) is 0 Å². The standard InChI is InChI=1S/C15H20ClN3O3/c1-10(20)18-13-3-2-11(8-12(13)16)19-14(21)15(9-17)4-6-22-7-5-15/h2-3,8H,4-7,9,17H2,1H3,(H,18,20)(H,19,21). The van der Waals surface area contributed by atoms with E-state index in [1.54, 1.807) is 18.2 Å². The van der Waals surface area contributed by atoms with Crippen LogP contribution in [0.15, 0.2) is 18.2 Å². The van der Waals surface area contributed by atoms with Crippen LogP contribution in [0.5, 0.6) is 0 Å². The molecule has 1 fully saturated rings. The van der Waals surface area contributed by atoms with Gasteiger partial charge in [0.1, 0.15) is 0 Å². The number of ether oxygens (including phenoxy) is 1. The lowest BCUT2D eigenvalue weighted by Gasteiger charge is -2.34. The van der Waals surface area contributed by atoms with Crippen LogP contribution < -0.4 is 16.4 Å². The van der Waals surface area contributed by atoms with Crippen LogP contribution >= 0.6 is 11.6 Å². The van der Waals surface area contributed by atoms with E-state index in [0.717, 1.165) is 0 Å². The Hall–Kier alpha value is -1.63. The largest absolute Gasteiger partial charge is 0.381 e. The Morgan fingerprint density at radius 2 is 2.00 bits per heavy atom. The smallest absolute Gasteiger partial charge is 0.232 e. The maximum Gasteiger partial charge on any atom is 0.232 e. The monoisotopic (exact) mass is 325 g/mol. The summed E-state index contributed by atoms with van der Waals surface area (Å²) in [5.41, 5.74) is 6.29. The summed E-state index contributed by atoms with van der Waals surface area (Å²) in [6, 6.07) is 4.95. The Bertz CT molecular complexity index is 571. The molecule has 6 nitrogen and oxygen atoms in total. The van der Waals surface area contributed by atoms with Gasteiger partial charge >= 0.3 is 0 Å². The fourth-order valence-corrected chi connectivity index (χ4v) is 2.66. The number of anilines is 2. The van der Waals surface area contributed by atoms with Crippen LogP contribution in [-0.4, -0.2) is 31.6 Å². The second kappa shape index (κ2) is 7.09. The molecule has 2 amide bonds. The van der Waals surface area contributed by atoms with Crippen molar-refractivity contribution in [1.29, 1.82) is 0 Å². The van der Waals surface area contributed by atoms with Crippen LogP contribution in [0.4, 0.5) is 11.4 Å². The van der Waals surface area contributed by atoms with E-state index >= 15 is 0 Å². The summed E-state index contributed by atoms with van der Waals surface area (Å²) in [4.78, 5) is 23.6. The van der Waals surface area contributed by atoms with Gasteiger partial charge < -0.3 is 21.1 Å². The Balaban J connectivity index is 2.11. The fraction of sp³-hybridized carbons (Fsp3) is 0.467. The van der Waals surface area contributed by atoms with Gasteiger partial charge in [0, 0.05) is 32.4 Å². The highest BCUT2D eigenvalue weighted by atomic mass is 35.5. The summed E-state index contributed by atoms with van der Waals surface area (Å²) in [5.74, 6) is -0.329. The predicted molar refractivity (Wildman–Crippen MR) is 85.9 cm³/mol. The van der Waals surface area contributed by atoms with Gasteiger partial charge in [0.15, 0.2) is 0 Å². The molecule has 0 aromatic heterocycles. The highest BCUT2D eigenvalue weighted by Gasteiger charge is 2.38. The first-order valence-electron chi connectivity index (χ1n) is 7.13. The van der Waals surface area contributed by atoms with Crippen LogP contribution in [0.1, 0.15) is 19.8 Å². The van der Waals surface area contributed by atoms with Gasteiger partial charge in [0.2, 0.25) is 11.8 Å². The summed E-state index contributed by atoms with van der Waals surface area (Å²) in [7, 11) is 0. The van der Waals surface area contributed by atoms with Gasteiger partial charge in [-0.3, -0.25) is 9.59 Å². The number of hydrogen-bond donors (Lipinski definition) is 3. The van der Waals surface area contributed by atoms with Crippen LogP contribution in [-0.2, 0) is 14.3 Å². The molecule has 0 bridgehead atoms. The Morgan fingerprint density at radius 1 is 1.32 bits per heavy atom. The van der Waals surface area contributed by atoms with Crippen molar-refractivity contribution in [2.45, 2.75) is 19.8 Å². The minimum absolute atomic E-state index is 0.123. The second-order valence-electron chi connectivity index (χ2n) is 5.43. The van der Waals surface area contributed by atoms with Crippen LogP contribution in [0, 0.1) is 5.41 Å². The minimum Gasteiger partial charge on any atom is -0.381 e. The van der Waals surface area contributed by atoms with Gasteiger partial charge in [-0.2, -0.15) is 0 Å². The lowest BCUT2D eigenvalue weighted by Crippen LogP contribution is -2.46. The average molecular weight is 326 g/mol. The zero-order chi connectivity index (χ0) is 16.2. The number of carbonyl (C=O) groups is 2. The fourth-order valence-electron chi connectivity index (χ4n) is 2.43. The number of nitrogens with one attached hydrogen (secondary N) is 2. The molecule has 1 aliphatic heterocycles. The number of benzene rings is 1. The SMILES string of the molecule is CC(=O)Nc1ccc(NC(=O)C2(CN)CCOCC2)cc1Cl. The van der Waals surface area contributed by atoms with Gasteiger partial charge in [-0.25, -0.2) is 0 Å². The topological polar surface area (TPSA) is 93.5 Å². The van der Waals surface area contributed by atoms with Crippen molar-refractivity contribution < 1.29 is 14.3 Å². The maximum atomic E-state index is 12.5. The van der Waals surface area contributed by atoms with E-state index in [1.165, 1.54) is 6.92 Å². The summed E-state index contributed by atoms with van der Waals surface area (Å²) in [5, 5.41) is 5.83. The first-order chi connectivity index (χ1) is 10.5. The third-order valence-electron chi connectivity index (χ3n) is 3.86. The number of amides is 2. The molecule has 1 aliphatic rings. The molecule has 0 radical (unpaired) electrons. The van der Waals surface area contributed by atoms with Crippen molar-refractivity contribution >= 4 is 34.8 Å². The molecule has 4 N–H and O–H groups in total. The lowest BCUT2D eigenvalue weighted by molar-refractivity contribution is -0.130. The van der Waals surface area contributed by atoms with Gasteiger partial charge in [-0.1, -0.05) is 11.6 Å². The highest BCUT2D eigenvalue weighted by molar-refractivity contribution is 6.34. The van der Waals surface area contributed by atoms with Crippen molar-refractivity contribution in [3.8, 4) is 0 Å². The van der Waals surface area contributed by atoms with Gasteiger partial charge in [0.05, 0.1) is 16.1 Å². The summed E-state index contributed by atoms with van der Waals surface area (Å²) < 4.78 is 5.30. The van der Waals surface area contributed by atoms with E-state index in [1.807, 2.05) is 0 Å². The van der Waals surface area contributed by atoms with Gasteiger partial charge in [-0.15, -0.1) is 0 Å². The quantitative estimate of drug-likeness (QED) is 0.789. The Morgan fingerprint density at radius 3 is 2.55 bits per heavy atom. The number of halogens is 1. The molecule has 7 heteroatoms. The molecule has 2 rings (SSSR count). The maximum absolute atomic E-state index is 12.5. The molecule has 0 unspecified atom stereocenters. The summed E-state index contributed by atoms with van der Waals surface area (Å²) in [6.07, 6.45) is 1.21. The number of rotatable bonds is 4. The molecule has 1 aromatic rings. The first kappa shape index (κ1) is 16.7. The first-order valence-corrected chi connectivity index (χ1v) is 7.51. The van der Waals surface area contributed by atoms with E-state index in [0.29, 0.717) is 42.5 Å². The van der Waals surface area contributed by atoms with E-state index in [-0.39, 0.29) is 18.4 Å². The Kier molecular flexibility index (Phi) is 5.39. The van der Waals surface area contributed by atoms with Gasteiger partial charge in [0.25, 0.3) is 0 Å². The summed E-state index contributed by atoms with van der Waals surface area (Å²) >= 11 is 6.10. The van der Waals surface area contributed by atoms with E-state index < -0.39 is 5.41 Å². The van der Waals surface area contributed by atoms with Crippen LogP contribution in [0.25, 0.3) is 0 Å². The number of hydrogen-bond acceptors (Lipinski definition) is 4. The molecule has 22 heavy (non-hydrogen) atoms. The number of carbonyl (C=O) groups excluding carboxylic acids is 2. The Labute approximate surface area is 134 Å². The normalized spacial score (nSPS) is 16.9. The van der Waals surface area contributed by atoms with Gasteiger partial charge in [-0.05, 0) is 31.0 Å². The molecular weight excluding hydrogens is 306 g/mol. The molecule has 0 saturated carbocycles. The highest BCUT2D eigenvalue weighted by Crippen LogP contribution is 2.32. The predicted octanol–water partition coefficient (Wildman–Crippen LogP) is 1.99. The molecule has 0 spiro atoms. The summed E-state index contributed by atoms with van der Waals surface area (Å²) in [6.45, 7) is 2.75. The third kappa shape index (κ3) is 3.76. The molecule has 120 valence electrons. The third-order valence-corrected chi connectivity index (χ3v) is 4.17. The van der Waals surface area contributed by atoms with Crippen molar-refractivity contribution in [3.05, 3.63) is 23.2 Å². The van der Waals surface area contributed by atoms with Crippen molar-refractivity contribution in [2.75, 3.05) is 30.4 Å². The minimum atomic E-state index is -0.596. The van der Waals surface area contributed by atoms with Crippen LogP contribution in [0.2, 0.25) is 5.02 Å². The number of nitrogens with two attached hydrogens (primary N) is 1. The molecule has 1 heterocycles. The second-order valence-corrected chi connectivity index (χ2v) is 5.83. The van der Waals surface area contributed by atoms with Crippen LogP contribution in [0.3, 0.4) is 0 Å². The van der Waals surface area contributed by atoms with E-state index in [9.17, 15) is 9.59 Å². The molecule has 1 aromatic carbocycles.